The maximum atomic E-state index is 12.1. The summed E-state index contributed by atoms with van der Waals surface area (Å²) in [6.45, 7) is 14.7. The van der Waals surface area contributed by atoms with Gasteiger partial charge in [0.2, 0.25) is 0 Å². The van der Waals surface area contributed by atoms with Gasteiger partial charge in [-0.2, -0.15) is 0 Å². The van der Waals surface area contributed by atoms with E-state index in [-0.39, 0.29) is 27.6 Å². The van der Waals surface area contributed by atoms with Crippen molar-refractivity contribution in [1.29, 1.82) is 0 Å². The van der Waals surface area contributed by atoms with Crippen molar-refractivity contribution in [3.8, 4) is 0 Å². The third kappa shape index (κ3) is 6.49. The van der Waals surface area contributed by atoms with Crippen LogP contribution in [0.3, 0.4) is 0 Å². The fourth-order valence-corrected chi connectivity index (χ4v) is 14.5. The minimum absolute atomic E-state index is 0.245. The molecule has 6 nitrogen and oxygen atoms in total. The lowest BCUT2D eigenvalue weighted by Crippen LogP contribution is -2.51. The first kappa shape index (κ1) is 38.4. The Hall–Kier alpha value is -2.37. The molecule has 12 atom stereocenters. The van der Waals surface area contributed by atoms with Crippen LogP contribution < -0.4 is 0 Å². The lowest BCUT2D eigenvalue weighted by atomic mass is 9.46. The highest BCUT2D eigenvalue weighted by molar-refractivity contribution is 5.92. The molecule has 0 N–H and O–H groups in total. The number of ketones is 4. The molecule has 0 spiro atoms. The van der Waals surface area contributed by atoms with Gasteiger partial charge in [-0.25, -0.2) is 0 Å². The summed E-state index contributed by atoms with van der Waals surface area (Å²) < 4.78 is 4.11. The average molecular weight is 703 g/mol. The van der Waals surface area contributed by atoms with Gasteiger partial charge in [0, 0.05) is 31.6 Å². The zero-order chi connectivity index (χ0) is 37.1. The maximum absolute atomic E-state index is 12.1. The van der Waals surface area contributed by atoms with Crippen molar-refractivity contribution in [2.45, 2.75) is 151 Å². The minimum Gasteiger partial charge on any atom is -0.469 e. The highest BCUT2D eigenvalue weighted by Gasteiger charge is 2.61. The molecule has 0 aliphatic heterocycles. The van der Waals surface area contributed by atoms with Gasteiger partial charge in [-0.15, -0.1) is 0 Å². The molecule has 0 unspecified atom stereocenters. The Morgan fingerprint density at radius 3 is 1.25 bits per heavy atom. The summed E-state index contributed by atoms with van der Waals surface area (Å²) in [5.74, 6) is 6.34. The molecule has 0 radical (unpaired) electrons. The van der Waals surface area contributed by atoms with Crippen LogP contribution in [0.1, 0.15) is 151 Å². The Balaban J connectivity index is 0.000000156. The Morgan fingerprint density at radius 2 is 0.922 bits per heavy atom. The van der Waals surface area contributed by atoms with Gasteiger partial charge in [-0.1, -0.05) is 38.8 Å². The van der Waals surface area contributed by atoms with E-state index in [1.54, 1.807) is 13.8 Å². The van der Waals surface area contributed by atoms with E-state index in [0.717, 1.165) is 86.9 Å². The Bertz CT molecular complexity index is 1400. The van der Waals surface area contributed by atoms with Crippen LogP contribution in [0.2, 0.25) is 0 Å². The van der Waals surface area contributed by atoms with Gasteiger partial charge in [0.25, 0.3) is 0 Å². The summed E-state index contributed by atoms with van der Waals surface area (Å²) in [4.78, 5) is 57.6. The predicted octanol–water partition coefficient (Wildman–Crippen LogP) is 9.63. The zero-order valence-electron chi connectivity index (χ0n) is 33.0. The molecule has 8 rings (SSSR count). The summed E-state index contributed by atoms with van der Waals surface area (Å²) in [5, 5.41) is 0. The molecule has 0 aromatic rings. The zero-order valence-corrected chi connectivity index (χ0v) is 33.0. The largest absolute Gasteiger partial charge is 0.469 e. The minimum atomic E-state index is -0.245. The number of hydrogen-bond donors (Lipinski definition) is 0. The van der Waals surface area contributed by atoms with E-state index in [2.05, 4.69) is 32.4 Å². The number of allylic oxidation sites excluding steroid dienone is 2. The fraction of sp³-hybridized carbons (Fsp3) is 0.800. The lowest BCUT2D eigenvalue weighted by Gasteiger charge is -2.58. The maximum Gasteiger partial charge on any atom is 0.302 e. The predicted molar refractivity (Wildman–Crippen MR) is 199 cm³/mol. The normalized spacial score (nSPS) is 44.9. The number of ether oxygens (including phenoxy) is 1. The van der Waals surface area contributed by atoms with Crippen LogP contribution in [0, 0.1) is 69.0 Å². The van der Waals surface area contributed by atoms with E-state index in [0.29, 0.717) is 35.0 Å². The molecule has 0 aromatic heterocycles. The van der Waals surface area contributed by atoms with Crippen LogP contribution in [0.15, 0.2) is 23.3 Å². The third-order valence-corrected chi connectivity index (χ3v) is 17.2. The number of carbonyl (C=O) groups is 5. The number of rotatable bonds is 2. The summed E-state index contributed by atoms with van der Waals surface area (Å²) in [5.41, 5.74) is 3.89. The first-order valence-corrected chi connectivity index (χ1v) is 20.5. The molecule has 8 aliphatic carbocycles. The van der Waals surface area contributed by atoms with E-state index in [1.807, 2.05) is 12.2 Å². The van der Waals surface area contributed by atoms with Crippen LogP contribution in [0.25, 0.3) is 0 Å². The second-order valence-electron chi connectivity index (χ2n) is 19.2. The van der Waals surface area contributed by atoms with E-state index in [4.69, 9.17) is 0 Å². The number of fused-ring (bicyclic) bond motifs is 10. The van der Waals surface area contributed by atoms with Crippen molar-refractivity contribution >= 4 is 29.1 Å². The van der Waals surface area contributed by atoms with Crippen LogP contribution in [0.4, 0.5) is 0 Å². The monoisotopic (exact) mass is 702 g/mol. The van der Waals surface area contributed by atoms with Crippen LogP contribution in [-0.2, 0) is 28.7 Å². The SMILES string of the molecule is CC(=O)[C@H]1CC[C@H]2[C@@H]3CCC4=CC(=O)CC[C@]4(C)[C@H]3CC[C@]12C.CC(=O)[C@H]1CC[C@H]2[C@@H]3CCC4=CC(=O)CC[C@]4(C)[C@H]3CC[C@]12C.COC(C)=O. The lowest BCUT2D eigenvalue weighted by molar-refractivity contribution is -0.138. The molecular formula is C45H66O6. The molecule has 6 heteroatoms. The second-order valence-corrected chi connectivity index (χ2v) is 19.2. The van der Waals surface area contributed by atoms with Crippen molar-refractivity contribution < 1.29 is 28.7 Å². The van der Waals surface area contributed by atoms with Crippen molar-refractivity contribution in [1.82, 2.24) is 0 Å². The Labute approximate surface area is 307 Å². The molecule has 0 amide bonds. The van der Waals surface area contributed by atoms with Gasteiger partial charge in [0.15, 0.2) is 11.6 Å². The molecule has 0 bridgehead atoms. The third-order valence-electron chi connectivity index (χ3n) is 17.2. The average Bonchev–Trinajstić information content (AvgIpc) is 3.63. The Morgan fingerprint density at radius 1 is 0.549 bits per heavy atom. The summed E-state index contributed by atoms with van der Waals surface area (Å²) in [7, 11) is 1.35. The quantitative estimate of drug-likeness (QED) is 0.266. The van der Waals surface area contributed by atoms with Gasteiger partial charge in [0.05, 0.1) is 7.11 Å². The number of esters is 1. The van der Waals surface area contributed by atoms with Gasteiger partial charge in [0.1, 0.15) is 11.6 Å². The van der Waals surface area contributed by atoms with E-state index < -0.39 is 0 Å². The topological polar surface area (TPSA) is 94.6 Å². The molecule has 0 aromatic carbocycles. The Kier molecular flexibility index (Phi) is 10.6. The molecular weight excluding hydrogens is 636 g/mol. The molecule has 6 saturated carbocycles. The molecule has 0 saturated heterocycles. The highest BCUT2D eigenvalue weighted by Crippen LogP contribution is 2.68. The molecule has 51 heavy (non-hydrogen) atoms. The van der Waals surface area contributed by atoms with Gasteiger partial charge < -0.3 is 4.74 Å². The van der Waals surface area contributed by atoms with E-state index >= 15 is 0 Å². The number of methoxy groups -OCH3 is 1. The summed E-state index contributed by atoms with van der Waals surface area (Å²) in [6, 6.07) is 0. The van der Waals surface area contributed by atoms with E-state index in [1.165, 1.54) is 76.5 Å². The first-order chi connectivity index (χ1) is 24.0. The second kappa shape index (κ2) is 14.1. The number of Topliss-reactive ketones (excluding diaryl/α,β-unsaturated/α-hetero) is 2. The first-order valence-electron chi connectivity index (χ1n) is 20.5. The standard InChI is InChI=1S/2C21H30O2.C3H6O2/c2*1-13(22)17-6-7-18-16-5-4-14-12-15(23)8-10-20(14,2)19(16)9-11-21(17,18)3;1-3(4)5-2/h2*12,16-19H,4-11H2,1-3H3;1-2H3/t2*16-,17+,18-,19-,20-,21+;/m00./s1. The van der Waals surface area contributed by atoms with Gasteiger partial charge in [-0.05, 0) is 173 Å². The smallest absolute Gasteiger partial charge is 0.302 e. The molecule has 282 valence electrons. The van der Waals surface area contributed by atoms with Gasteiger partial charge >= 0.3 is 5.97 Å². The molecule has 8 aliphatic rings. The van der Waals surface area contributed by atoms with Crippen molar-refractivity contribution in [2.75, 3.05) is 7.11 Å². The van der Waals surface area contributed by atoms with Crippen LogP contribution in [-0.4, -0.2) is 36.2 Å². The number of hydrogen-bond acceptors (Lipinski definition) is 6. The molecule has 0 heterocycles. The van der Waals surface area contributed by atoms with Crippen LogP contribution >= 0.6 is 0 Å². The van der Waals surface area contributed by atoms with Gasteiger partial charge in [-0.3, -0.25) is 24.0 Å². The number of carbonyl (C=O) groups excluding carboxylic acids is 5. The van der Waals surface area contributed by atoms with Crippen molar-refractivity contribution in [3.05, 3.63) is 23.3 Å². The van der Waals surface area contributed by atoms with Crippen LogP contribution in [0.5, 0.6) is 0 Å². The van der Waals surface area contributed by atoms with Crippen molar-refractivity contribution in [3.63, 3.8) is 0 Å². The molecule has 6 fully saturated rings. The summed E-state index contributed by atoms with van der Waals surface area (Å²) >= 11 is 0. The summed E-state index contributed by atoms with van der Waals surface area (Å²) in [6.07, 6.45) is 21.9. The highest BCUT2D eigenvalue weighted by atomic mass is 16.5. The fourth-order valence-electron chi connectivity index (χ4n) is 14.5. The van der Waals surface area contributed by atoms with Crippen molar-refractivity contribution in [2.24, 2.45) is 69.0 Å². The van der Waals surface area contributed by atoms with E-state index in [9.17, 15) is 24.0 Å².